The summed E-state index contributed by atoms with van der Waals surface area (Å²) in [5.41, 5.74) is 5.13. The Morgan fingerprint density at radius 1 is 1.08 bits per heavy atom. The third-order valence-electron chi connectivity index (χ3n) is 5.45. The summed E-state index contributed by atoms with van der Waals surface area (Å²) in [6, 6.07) is -3.58. The fraction of sp³-hybridized carbons (Fsp3) is 0.773. The van der Waals surface area contributed by atoms with Crippen LogP contribution in [0.5, 0.6) is 0 Å². The topological polar surface area (TPSA) is 236 Å². The largest absolute Gasteiger partial charge is 0.464 e. The zero-order valence-corrected chi connectivity index (χ0v) is 21.3. The van der Waals surface area contributed by atoms with Crippen LogP contribution in [0.15, 0.2) is 0 Å². The Balaban J connectivity index is 2.84. The molecular formula is C22H38N4O11. The van der Waals surface area contributed by atoms with Gasteiger partial charge in [0.1, 0.15) is 42.5 Å². The number of aliphatic hydroxyl groups excluding tert-OH is 3. The Bertz CT molecular complexity index is 811. The molecule has 8 N–H and O–H groups in total. The number of primary amides is 1. The molecular weight excluding hydrogens is 496 g/mol. The number of aliphatic hydroxyl groups is 3. The highest BCUT2D eigenvalue weighted by Crippen LogP contribution is 2.23. The molecule has 1 aliphatic heterocycles. The van der Waals surface area contributed by atoms with E-state index < -0.39 is 85.0 Å². The van der Waals surface area contributed by atoms with Crippen molar-refractivity contribution < 1.29 is 53.5 Å². The average molecular weight is 535 g/mol. The van der Waals surface area contributed by atoms with Gasteiger partial charge in [-0.3, -0.25) is 19.2 Å². The maximum absolute atomic E-state index is 12.7. The summed E-state index contributed by atoms with van der Waals surface area (Å²) in [6.07, 6.45) is -6.76. The van der Waals surface area contributed by atoms with Gasteiger partial charge in [0.25, 0.3) is 0 Å². The van der Waals surface area contributed by atoms with Crippen LogP contribution in [0.1, 0.15) is 47.0 Å². The predicted octanol–water partition coefficient (Wildman–Crippen LogP) is -3.46. The molecule has 0 aliphatic carbocycles. The second kappa shape index (κ2) is 15.4. The summed E-state index contributed by atoms with van der Waals surface area (Å²) in [4.78, 5) is 60.2. The molecule has 8 atom stereocenters. The molecule has 0 aromatic carbocycles. The lowest BCUT2D eigenvalue weighted by atomic mass is 9.96. The van der Waals surface area contributed by atoms with Crippen LogP contribution in [0.3, 0.4) is 0 Å². The number of ether oxygens (including phenoxy) is 3. The molecule has 1 aliphatic rings. The number of nitrogens with two attached hydrogens (primary N) is 1. The van der Waals surface area contributed by atoms with E-state index in [1.807, 2.05) is 0 Å². The molecule has 0 saturated carbocycles. The van der Waals surface area contributed by atoms with Crippen molar-refractivity contribution in [3.05, 3.63) is 0 Å². The lowest BCUT2D eigenvalue weighted by Crippen LogP contribution is -2.65. The van der Waals surface area contributed by atoms with Gasteiger partial charge >= 0.3 is 5.97 Å². The van der Waals surface area contributed by atoms with Crippen LogP contribution in [0.2, 0.25) is 0 Å². The molecule has 4 amide bonds. The van der Waals surface area contributed by atoms with Gasteiger partial charge in [0.05, 0.1) is 13.2 Å². The van der Waals surface area contributed by atoms with E-state index in [-0.39, 0.29) is 19.4 Å². The van der Waals surface area contributed by atoms with Gasteiger partial charge < -0.3 is 51.2 Å². The van der Waals surface area contributed by atoms with E-state index in [9.17, 15) is 39.3 Å². The fourth-order valence-corrected chi connectivity index (χ4v) is 3.46. The van der Waals surface area contributed by atoms with Crippen molar-refractivity contribution in [2.24, 2.45) is 5.73 Å². The van der Waals surface area contributed by atoms with Gasteiger partial charge in [-0.25, -0.2) is 4.79 Å². The standard InChI is InChI=1S/C22H38N4O11/c1-5-8-35-21(33)13(6-7-15(23)29)26-19(31)10(2)24-20(32)11(3)36-18-16(25-12(4)28)22(34)37-14(9-27)17(18)30/h10-11,13-14,16-18,22,27,30,34H,5-9H2,1-4H3,(H2,23,29)(H,24,32)(H,25,28)(H,26,31)/t10-,11?,13+,14+,16+,17+,18+,22-/m0/s1. The van der Waals surface area contributed by atoms with Crippen LogP contribution in [-0.4, -0.2) is 107 Å². The number of esters is 1. The zero-order valence-electron chi connectivity index (χ0n) is 21.3. The van der Waals surface area contributed by atoms with Crippen molar-refractivity contribution in [1.82, 2.24) is 16.0 Å². The monoisotopic (exact) mass is 534 g/mol. The van der Waals surface area contributed by atoms with E-state index in [2.05, 4.69) is 16.0 Å². The molecule has 1 unspecified atom stereocenters. The second-order valence-electron chi connectivity index (χ2n) is 8.67. The summed E-state index contributed by atoms with van der Waals surface area (Å²) in [6.45, 7) is 5.06. The van der Waals surface area contributed by atoms with Crippen molar-refractivity contribution in [1.29, 1.82) is 0 Å². The Hall–Kier alpha value is -2.85. The first kappa shape index (κ1) is 32.2. The Morgan fingerprint density at radius 3 is 2.27 bits per heavy atom. The SMILES string of the molecule is CCCOC(=O)[C@@H](CCC(N)=O)NC(=O)[C@H](C)NC(=O)C(C)O[C@H]1[C@H](O)[C@@H](CO)O[C@H](O)[C@@H]1NC(C)=O. The van der Waals surface area contributed by atoms with Gasteiger partial charge in [0, 0.05) is 13.3 Å². The van der Waals surface area contributed by atoms with E-state index in [4.69, 9.17) is 19.9 Å². The number of carbonyl (C=O) groups is 5. The minimum Gasteiger partial charge on any atom is -0.464 e. The fourth-order valence-electron chi connectivity index (χ4n) is 3.46. The van der Waals surface area contributed by atoms with E-state index in [1.165, 1.54) is 20.8 Å². The highest BCUT2D eigenvalue weighted by molar-refractivity contribution is 5.91. The molecule has 0 radical (unpaired) electrons. The van der Waals surface area contributed by atoms with Crippen LogP contribution in [0.4, 0.5) is 0 Å². The van der Waals surface area contributed by atoms with Crippen molar-refractivity contribution in [2.45, 2.75) is 95.8 Å². The van der Waals surface area contributed by atoms with E-state index in [0.29, 0.717) is 6.42 Å². The van der Waals surface area contributed by atoms with Crippen LogP contribution in [0, 0.1) is 0 Å². The maximum atomic E-state index is 12.7. The first-order chi connectivity index (χ1) is 17.3. The first-order valence-corrected chi connectivity index (χ1v) is 11.9. The number of carbonyl (C=O) groups excluding carboxylic acids is 5. The third-order valence-corrected chi connectivity index (χ3v) is 5.45. The molecule has 15 nitrogen and oxygen atoms in total. The Morgan fingerprint density at radius 2 is 1.73 bits per heavy atom. The van der Waals surface area contributed by atoms with Gasteiger partial charge in [0.2, 0.25) is 23.6 Å². The summed E-state index contributed by atoms with van der Waals surface area (Å²) in [5, 5.41) is 37.3. The summed E-state index contributed by atoms with van der Waals surface area (Å²) in [5.74, 6) is -3.53. The molecule has 1 fully saturated rings. The number of amides is 4. The molecule has 1 heterocycles. The Kier molecular flexibility index (Phi) is 13.4. The van der Waals surface area contributed by atoms with Crippen molar-refractivity contribution >= 4 is 29.6 Å². The molecule has 0 spiro atoms. The smallest absolute Gasteiger partial charge is 0.328 e. The summed E-state index contributed by atoms with van der Waals surface area (Å²) >= 11 is 0. The van der Waals surface area contributed by atoms with E-state index in [1.54, 1.807) is 6.92 Å². The van der Waals surface area contributed by atoms with E-state index >= 15 is 0 Å². The molecule has 1 saturated heterocycles. The van der Waals surface area contributed by atoms with Gasteiger partial charge in [0.15, 0.2) is 6.29 Å². The van der Waals surface area contributed by atoms with Crippen molar-refractivity contribution in [2.75, 3.05) is 13.2 Å². The predicted molar refractivity (Wildman–Crippen MR) is 125 cm³/mol. The molecule has 212 valence electrons. The molecule has 0 aromatic rings. The molecule has 0 aromatic heterocycles. The normalized spacial score (nSPS) is 25.8. The lowest BCUT2D eigenvalue weighted by Gasteiger charge is -2.43. The number of rotatable bonds is 14. The van der Waals surface area contributed by atoms with Gasteiger partial charge in [-0.15, -0.1) is 0 Å². The quantitative estimate of drug-likeness (QED) is 0.108. The lowest BCUT2D eigenvalue weighted by molar-refractivity contribution is -0.266. The van der Waals surface area contributed by atoms with E-state index in [0.717, 1.165) is 0 Å². The van der Waals surface area contributed by atoms with Gasteiger partial charge in [-0.2, -0.15) is 0 Å². The molecule has 15 heteroatoms. The van der Waals surface area contributed by atoms with Gasteiger partial charge in [-0.05, 0) is 26.7 Å². The summed E-state index contributed by atoms with van der Waals surface area (Å²) in [7, 11) is 0. The Labute approximate surface area is 214 Å². The van der Waals surface area contributed by atoms with Crippen LogP contribution < -0.4 is 21.7 Å². The number of nitrogens with one attached hydrogen (secondary N) is 3. The molecule has 0 bridgehead atoms. The average Bonchev–Trinajstić information content (AvgIpc) is 2.83. The maximum Gasteiger partial charge on any atom is 0.328 e. The van der Waals surface area contributed by atoms with Crippen LogP contribution in [-0.2, 0) is 38.2 Å². The van der Waals surface area contributed by atoms with Crippen LogP contribution in [0.25, 0.3) is 0 Å². The minimum atomic E-state index is -1.64. The van der Waals surface area contributed by atoms with Crippen molar-refractivity contribution in [3.63, 3.8) is 0 Å². The minimum absolute atomic E-state index is 0.0929. The highest BCUT2D eigenvalue weighted by Gasteiger charge is 2.47. The first-order valence-electron chi connectivity index (χ1n) is 11.9. The van der Waals surface area contributed by atoms with Gasteiger partial charge in [-0.1, -0.05) is 6.92 Å². The van der Waals surface area contributed by atoms with Crippen molar-refractivity contribution in [3.8, 4) is 0 Å². The number of hydrogen-bond acceptors (Lipinski definition) is 11. The highest BCUT2D eigenvalue weighted by atomic mass is 16.6. The number of hydrogen-bond donors (Lipinski definition) is 7. The van der Waals surface area contributed by atoms with Crippen LogP contribution >= 0.6 is 0 Å². The third kappa shape index (κ3) is 10.2. The molecule has 37 heavy (non-hydrogen) atoms. The summed E-state index contributed by atoms with van der Waals surface area (Å²) < 4.78 is 15.7. The second-order valence-corrected chi connectivity index (χ2v) is 8.67. The molecule has 1 rings (SSSR count). The zero-order chi connectivity index (χ0) is 28.3.